The standard InChI is InChI=1S/C15H25NO3/c1-15(2,3)19-14(18)16-9-7-12(8-10-16)13(17)11-5-4-6-11/h11-12H,4-10H2,1-3H3. The van der Waals surface area contributed by atoms with E-state index in [4.69, 9.17) is 4.74 Å². The van der Waals surface area contributed by atoms with E-state index in [0.29, 0.717) is 24.8 Å². The van der Waals surface area contributed by atoms with Gasteiger partial charge in [0.25, 0.3) is 0 Å². The van der Waals surface area contributed by atoms with Gasteiger partial charge in [0.2, 0.25) is 0 Å². The number of rotatable bonds is 2. The molecule has 0 atom stereocenters. The Kier molecular flexibility index (Phi) is 4.16. The Morgan fingerprint density at radius 1 is 1.00 bits per heavy atom. The molecule has 0 radical (unpaired) electrons. The monoisotopic (exact) mass is 267 g/mol. The van der Waals surface area contributed by atoms with Crippen molar-refractivity contribution in [3.63, 3.8) is 0 Å². The summed E-state index contributed by atoms with van der Waals surface area (Å²) < 4.78 is 5.35. The minimum absolute atomic E-state index is 0.170. The fraction of sp³-hybridized carbons (Fsp3) is 0.867. The third-order valence-corrected chi connectivity index (χ3v) is 4.06. The lowest BCUT2D eigenvalue weighted by molar-refractivity contribution is -0.130. The molecule has 2 fully saturated rings. The third kappa shape index (κ3) is 3.71. The first-order valence-corrected chi connectivity index (χ1v) is 7.38. The lowest BCUT2D eigenvalue weighted by atomic mass is 9.75. The van der Waals surface area contributed by atoms with Gasteiger partial charge in [-0.15, -0.1) is 0 Å². The van der Waals surface area contributed by atoms with Crippen molar-refractivity contribution in [1.29, 1.82) is 0 Å². The average Bonchev–Trinajstić information content (AvgIpc) is 2.24. The van der Waals surface area contributed by atoms with Crippen LogP contribution in [0.3, 0.4) is 0 Å². The van der Waals surface area contributed by atoms with Gasteiger partial charge in [0.15, 0.2) is 0 Å². The quantitative estimate of drug-likeness (QED) is 0.772. The Morgan fingerprint density at radius 2 is 1.53 bits per heavy atom. The molecule has 108 valence electrons. The van der Waals surface area contributed by atoms with Crippen LogP contribution in [0.25, 0.3) is 0 Å². The van der Waals surface area contributed by atoms with Gasteiger partial charge in [-0.05, 0) is 46.5 Å². The minimum atomic E-state index is -0.449. The molecule has 0 unspecified atom stereocenters. The van der Waals surface area contributed by atoms with Crippen LogP contribution in [0.2, 0.25) is 0 Å². The van der Waals surface area contributed by atoms with Crippen molar-refractivity contribution in [2.75, 3.05) is 13.1 Å². The highest BCUT2D eigenvalue weighted by Crippen LogP contribution is 2.33. The van der Waals surface area contributed by atoms with Crippen LogP contribution in [0.4, 0.5) is 4.79 Å². The summed E-state index contributed by atoms with van der Waals surface area (Å²) in [6, 6.07) is 0. The second-order valence-corrected chi connectivity index (χ2v) is 6.77. The Hall–Kier alpha value is -1.06. The molecule has 1 saturated carbocycles. The van der Waals surface area contributed by atoms with Crippen molar-refractivity contribution >= 4 is 11.9 Å². The molecular formula is C15H25NO3. The summed E-state index contributed by atoms with van der Waals surface area (Å²) in [5.74, 6) is 0.928. The van der Waals surface area contributed by atoms with Crippen molar-refractivity contribution in [3.05, 3.63) is 0 Å². The van der Waals surface area contributed by atoms with E-state index in [1.165, 1.54) is 6.42 Å². The normalized spacial score (nSPS) is 21.9. The van der Waals surface area contributed by atoms with Crippen LogP contribution in [0.1, 0.15) is 52.9 Å². The molecule has 1 heterocycles. The van der Waals surface area contributed by atoms with Crippen molar-refractivity contribution in [2.24, 2.45) is 11.8 Å². The first-order valence-electron chi connectivity index (χ1n) is 7.38. The van der Waals surface area contributed by atoms with Gasteiger partial charge in [0, 0.05) is 24.9 Å². The molecule has 2 rings (SSSR count). The van der Waals surface area contributed by atoms with Crippen LogP contribution < -0.4 is 0 Å². The molecule has 1 saturated heterocycles. The number of nitrogens with zero attached hydrogens (tertiary/aromatic N) is 1. The van der Waals surface area contributed by atoms with Crippen LogP contribution >= 0.6 is 0 Å². The van der Waals surface area contributed by atoms with Crippen molar-refractivity contribution < 1.29 is 14.3 Å². The molecule has 0 spiro atoms. The summed E-state index contributed by atoms with van der Waals surface area (Å²) in [5, 5.41) is 0. The predicted molar refractivity (Wildman–Crippen MR) is 72.9 cm³/mol. The van der Waals surface area contributed by atoms with Gasteiger partial charge >= 0.3 is 6.09 Å². The smallest absolute Gasteiger partial charge is 0.410 e. The number of likely N-dealkylation sites (tertiary alicyclic amines) is 1. The fourth-order valence-corrected chi connectivity index (χ4v) is 2.70. The highest BCUT2D eigenvalue weighted by atomic mass is 16.6. The van der Waals surface area contributed by atoms with E-state index in [-0.39, 0.29) is 12.0 Å². The maximum absolute atomic E-state index is 12.2. The van der Waals surface area contributed by atoms with E-state index >= 15 is 0 Å². The Bertz CT molecular complexity index is 347. The van der Waals surface area contributed by atoms with E-state index < -0.39 is 5.60 Å². The van der Waals surface area contributed by atoms with Crippen LogP contribution in [0.15, 0.2) is 0 Å². The molecule has 1 aliphatic carbocycles. The zero-order valence-electron chi connectivity index (χ0n) is 12.3. The molecule has 0 aromatic heterocycles. The van der Waals surface area contributed by atoms with Gasteiger partial charge in [-0.25, -0.2) is 4.79 Å². The highest BCUT2D eigenvalue weighted by Gasteiger charge is 2.34. The van der Waals surface area contributed by atoms with Gasteiger partial charge in [0.1, 0.15) is 11.4 Å². The van der Waals surface area contributed by atoms with Crippen LogP contribution in [-0.2, 0) is 9.53 Å². The van der Waals surface area contributed by atoms with Crippen molar-refractivity contribution in [1.82, 2.24) is 4.90 Å². The number of carbonyl (C=O) groups excluding carboxylic acids is 2. The Balaban J connectivity index is 1.78. The topological polar surface area (TPSA) is 46.6 Å². The van der Waals surface area contributed by atoms with Crippen molar-refractivity contribution in [2.45, 2.75) is 58.5 Å². The molecule has 0 aromatic rings. The minimum Gasteiger partial charge on any atom is -0.444 e. The largest absolute Gasteiger partial charge is 0.444 e. The predicted octanol–water partition coefficient (Wildman–Crippen LogP) is 3.00. The molecule has 0 bridgehead atoms. The van der Waals surface area contributed by atoms with E-state index in [0.717, 1.165) is 25.7 Å². The Labute approximate surface area is 115 Å². The van der Waals surface area contributed by atoms with E-state index in [1.807, 2.05) is 20.8 Å². The molecule has 19 heavy (non-hydrogen) atoms. The molecule has 2 aliphatic rings. The molecule has 4 heteroatoms. The first kappa shape index (κ1) is 14.4. The summed E-state index contributed by atoms with van der Waals surface area (Å²) in [6.07, 6.45) is 4.70. The van der Waals surface area contributed by atoms with E-state index in [9.17, 15) is 9.59 Å². The van der Waals surface area contributed by atoms with Crippen LogP contribution in [-0.4, -0.2) is 35.5 Å². The number of Topliss-reactive ketones (excluding diaryl/α,β-unsaturated/α-hetero) is 1. The summed E-state index contributed by atoms with van der Waals surface area (Å²) in [5.41, 5.74) is -0.449. The van der Waals surface area contributed by atoms with E-state index in [2.05, 4.69) is 0 Å². The number of hydrogen-bond donors (Lipinski definition) is 0. The van der Waals surface area contributed by atoms with Gasteiger partial charge < -0.3 is 9.64 Å². The summed E-state index contributed by atoms with van der Waals surface area (Å²) in [7, 11) is 0. The SMILES string of the molecule is CC(C)(C)OC(=O)N1CCC(C(=O)C2CCC2)CC1. The zero-order valence-corrected chi connectivity index (χ0v) is 12.3. The second-order valence-electron chi connectivity index (χ2n) is 6.77. The highest BCUT2D eigenvalue weighted by molar-refractivity contribution is 5.84. The number of ketones is 1. The maximum Gasteiger partial charge on any atom is 0.410 e. The van der Waals surface area contributed by atoms with Gasteiger partial charge in [-0.3, -0.25) is 4.79 Å². The summed E-state index contributed by atoms with van der Waals surface area (Å²) in [4.78, 5) is 25.8. The van der Waals surface area contributed by atoms with E-state index in [1.54, 1.807) is 4.90 Å². The second kappa shape index (κ2) is 5.51. The Morgan fingerprint density at radius 3 is 1.95 bits per heavy atom. The fourth-order valence-electron chi connectivity index (χ4n) is 2.70. The number of amides is 1. The first-order chi connectivity index (χ1) is 8.87. The molecule has 1 aliphatic heterocycles. The lowest BCUT2D eigenvalue weighted by Crippen LogP contribution is -2.44. The van der Waals surface area contributed by atoms with Gasteiger partial charge in [0.05, 0.1) is 0 Å². The van der Waals surface area contributed by atoms with Gasteiger partial charge in [-0.1, -0.05) is 6.42 Å². The number of ether oxygens (including phenoxy) is 1. The number of piperidine rings is 1. The maximum atomic E-state index is 12.2. The molecule has 0 aromatic carbocycles. The lowest BCUT2D eigenvalue weighted by Gasteiger charge is -2.35. The zero-order chi connectivity index (χ0) is 14.0. The van der Waals surface area contributed by atoms with Crippen LogP contribution in [0, 0.1) is 11.8 Å². The summed E-state index contributed by atoms with van der Waals surface area (Å²) >= 11 is 0. The number of carbonyl (C=O) groups is 2. The van der Waals surface area contributed by atoms with Crippen molar-refractivity contribution in [3.8, 4) is 0 Å². The molecule has 0 N–H and O–H groups in total. The summed E-state index contributed by atoms with van der Waals surface area (Å²) in [6.45, 7) is 6.92. The van der Waals surface area contributed by atoms with Crippen LogP contribution in [0.5, 0.6) is 0 Å². The average molecular weight is 267 g/mol. The molecular weight excluding hydrogens is 242 g/mol. The molecule has 1 amide bonds. The molecule has 4 nitrogen and oxygen atoms in total. The third-order valence-electron chi connectivity index (χ3n) is 4.06. The number of hydrogen-bond acceptors (Lipinski definition) is 3. The van der Waals surface area contributed by atoms with Gasteiger partial charge in [-0.2, -0.15) is 0 Å².